The van der Waals surface area contributed by atoms with Crippen molar-refractivity contribution in [2.24, 2.45) is 0 Å². The van der Waals surface area contributed by atoms with Gasteiger partial charge in [-0.15, -0.1) is 0 Å². The highest BCUT2D eigenvalue weighted by Gasteiger charge is 2.15. The van der Waals surface area contributed by atoms with Gasteiger partial charge in [0.15, 0.2) is 17.3 Å². The molecule has 0 unspecified atom stereocenters. The number of fused-ring (bicyclic) bond motifs is 1. The Morgan fingerprint density at radius 1 is 1.14 bits per heavy atom. The first-order valence-corrected chi connectivity index (χ1v) is 8.84. The molecule has 1 amide bonds. The summed E-state index contributed by atoms with van der Waals surface area (Å²) in [6, 6.07) is 10.5. The number of nitrogens with two attached hydrogens (primary N) is 1. The Hall–Kier alpha value is -3.66. The molecule has 0 fully saturated rings. The van der Waals surface area contributed by atoms with E-state index in [1.807, 2.05) is 18.2 Å². The van der Waals surface area contributed by atoms with Gasteiger partial charge in [-0.05, 0) is 30.3 Å². The zero-order valence-electron chi connectivity index (χ0n) is 14.2. The van der Waals surface area contributed by atoms with Gasteiger partial charge in [-0.25, -0.2) is 4.98 Å². The van der Waals surface area contributed by atoms with Crippen LogP contribution in [0, 0.1) is 0 Å². The summed E-state index contributed by atoms with van der Waals surface area (Å²) in [4.78, 5) is 24.4. The minimum Gasteiger partial charge on any atom is -0.459 e. The van der Waals surface area contributed by atoms with Gasteiger partial charge in [0.2, 0.25) is 5.88 Å². The lowest BCUT2D eigenvalue weighted by Crippen LogP contribution is -2.30. The van der Waals surface area contributed by atoms with E-state index < -0.39 is 5.91 Å². The van der Waals surface area contributed by atoms with Gasteiger partial charge in [0.1, 0.15) is 17.5 Å². The number of nitrogens with one attached hydrogen (secondary N) is 2. The molecule has 0 aliphatic rings. The molecule has 9 nitrogen and oxygen atoms in total. The highest BCUT2D eigenvalue weighted by molar-refractivity contribution is 9.10. The maximum Gasteiger partial charge on any atom is 0.305 e. The van der Waals surface area contributed by atoms with E-state index in [9.17, 15) is 4.79 Å². The van der Waals surface area contributed by atoms with E-state index in [0.29, 0.717) is 11.3 Å². The molecule has 140 valence electrons. The average molecular weight is 441 g/mol. The van der Waals surface area contributed by atoms with Crippen LogP contribution in [0.4, 0.5) is 11.5 Å². The van der Waals surface area contributed by atoms with E-state index in [0.717, 1.165) is 9.86 Å². The number of furan rings is 1. The molecule has 28 heavy (non-hydrogen) atoms. The third-order valence-corrected chi connectivity index (χ3v) is 4.46. The standard InChI is InChI=1S/C18H13BrN6O3/c19-11-5-6-12(15-10(11)3-1-7-21-15)28-18-14(20)16(22-9-23-18)24-25-17(26)13-4-2-8-27-13/h1-9H,20H2,(H,25,26)(H,22,23,24). The predicted molar refractivity (Wildman–Crippen MR) is 106 cm³/mol. The number of hydrogen-bond acceptors (Lipinski definition) is 8. The second kappa shape index (κ2) is 7.53. The van der Waals surface area contributed by atoms with Crippen LogP contribution in [-0.2, 0) is 0 Å². The van der Waals surface area contributed by atoms with Crippen LogP contribution in [0.3, 0.4) is 0 Å². The Kier molecular flexibility index (Phi) is 4.77. The molecule has 0 atom stereocenters. The number of hydrazine groups is 1. The number of pyridine rings is 1. The number of halogens is 1. The molecular formula is C18H13BrN6O3. The molecule has 10 heteroatoms. The van der Waals surface area contributed by atoms with Crippen molar-refractivity contribution < 1.29 is 13.9 Å². The number of ether oxygens (including phenoxy) is 1. The predicted octanol–water partition coefficient (Wildman–Crippen LogP) is 3.51. The van der Waals surface area contributed by atoms with Crippen molar-refractivity contribution in [3.05, 3.63) is 65.4 Å². The number of hydrogen-bond donors (Lipinski definition) is 3. The maximum atomic E-state index is 11.9. The molecule has 4 aromatic rings. The Morgan fingerprint density at radius 3 is 2.86 bits per heavy atom. The monoisotopic (exact) mass is 440 g/mol. The normalized spacial score (nSPS) is 10.6. The molecule has 4 N–H and O–H groups in total. The van der Waals surface area contributed by atoms with Crippen molar-refractivity contribution in [1.29, 1.82) is 0 Å². The Bertz CT molecular complexity index is 1150. The summed E-state index contributed by atoms with van der Waals surface area (Å²) in [6.45, 7) is 0. The fourth-order valence-electron chi connectivity index (χ4n) is 2.44. The van der Waals surface area contributed by atoms with E-state index in [1.165, 1.54) is 18.7 Å². The van der Waals surface area contributed by atoms with Crippen LogP contribution in [0.25, 0.3) is 10.9 Å². The molecule has 0 aliphatic carbocycles. The molecule has 1 aromatic carbocycles. The summed E-state index contributed by atoms with van der Waals surface area (Å²) < 4.78 is 11.8. The van der Waals surface area contributed by atoms with Gasteiger partial charge in [-0.3, -0.25) is 20.6 Å². The smallest absolute Gasteiger partial charge is 0.305 e. The van der Waals surface area contributed by atoms with Crippen molar-refractivity contribution in [2.45, 2.75) is 0 Å². The molecule has 0 saturated heterocycles. The molecular weight excluding hydrogens is 428 g/mol. The van der Waals surface area contributed by atoms with Gasteiger partial charge in [0.25, 0.3) is 0 Å². The van der Waals surface area contributed by atoms with Crippen LogP contribution in [-0.4, -0.2) is 20.9 Å². The van der Waals surface area contributed by atoms with E-state index in [-0.39, 0.29) is 23.1 Å². The van der Waals surface area contributed by atoms with Gasteiger partial charge in [0, 0.05) is 16.1 Å². The third-order valence-electron chi connectivity index (χ3n) is 3.77. The Morgan fingerprint density at radius 2 is 2.04 bits per heavy atom. The number of amides is 1. The van der Waals surface area contributed by atoms with Gasteiger partial charge >= 0.3 is 5.91 Å². The van der Waals surface area contributed by atoms with Crippen LogP contribution in [0.1, 0.15) is 10.6 Å². The number of aromatic nitrogens is 3. The lowest BCUT2D eigenvalue weighted by molar-refractivity contribution is 0.0935. The zero-order valence-corrected chi connectivity index (χ0v) is 15.8. The largest absolute Gasteiger partial charge is 0.459 e. The Labute approximate surface area is 167 Å². The molecule has 0 spiro atoms. The minimum atomic E-state index is -0.478. The van der Waals surface area contributed by atoms with Crippen LogP contribution in [0.15, 0.2) is 64.1 Å². The number of benzene rings is 1. The van der Waals surface area contributed by atoms with E-state index in [2.05, 4.69) is 41.7 Å². The quantitative estimate of drug-likeness (QED) is 0.402. The van der Waals surface area contributed by atoms with Crippen molar-refractivity contribution >= 4 is 44.2 Å². The maximum absolute atomic E-state index is 11.9. The molecule has 0 saturated carbocycles. The second-order valence-corrected chi connectivity index (χ2v) is 6.40. The number of nitrogens with zero attached hydrogens (tertiary/aromatic N) is 3. The highest BCUT2D eigenvalue weighted by Crippen LogP contribution is 2.35. The molecule has 3 heterocycles. The number of rotatable bonds is 5. The second-order valence-electron chi connectivity index (χ2n) is 5.54. The Balaban J connectivity index is 1.58. The van der Waals surface area contributed by atoms with Gasteiger partial charge in [-0.2, -0.15) is 4.98 Å². The molecule has 0 bridgehead atoms. The number of nitrogen functional groups attached to an aromatic ring is 1. The number of carbonyl (C=O) groups is 1. The van der Waals surface area contributed by atoms with Crippen LogP contribution in [0.2, 0.25) is 0 Å². The first-order chi connectivity index (χ1) is 13.6. The topological polar surface area (TPSA) is 128 Å². The third kappa shape index (κ3) is 3.45. The van der Waals surface area contributed by atoms with Crippen molar-refractivity contribution in [3.63, 3.8) is 0 Å². The van der Waals surface area contributed by atoms with Crippen molar-refractivity contribution in [3.8, 4) is 11.6 Å². The van der Waals surface area contributed by atoms with Gasteiger partial charge in [0.05, 0.1) is 6.26 Å². The summed E-state index contributed by atoms with van der Waals surface area (Å²) in [5, 5.41) is 0.886. The lowest BCUT2D eigenvalue weighted by Gasteiger charge is -2.13. The summed E-state index contributed by atoms with van der Waals surface area (Å²) in [6.07, 6.45) is 4.33. The molecule has 3 aromatic heterocycles. The van der Waals surface area contributed by atoms with E-state index in [1.54, 1.807) is 18.3 Å². The molecule has 4 rings (SSSR count). The summed E-state index contributed by atoms with van der Waals surface area (Å²) in [5.41, 5.74) is 11.9. The van der Waals surface area contributed by atoms with E-state index in [4.69, 9.17) is 14.9 Å². The van der Waals surface area contributed by atoms with Crippen LogP contribution in [0.5, 0.6) is 11.6 Å². The molecule has 0 aliphatic heterocycles. The van der Waals surface area contributed by atoms with Gasteiger partial charge < -0.3 is 14.9 Å². The van der Waals surface area contributed by atoms with Crippen molar-refractivity contribution in [2.75, 3.05) is 11.2 Å². The SMILES string of the molecule is Nc1c(NNC(=O)c2ccco2)ncnc1Oc1ccc(Br)c2cccnc12. The van der Waals surface area contributed by atoms with Crippen molar-refractivity contribution in [1.82, 2.24) is 20.4 Å². The summed E-state index contributed by atoms with van der Waals surface area (Å²) in [5.74, 6) is 0.450. The first kappa shape index (κ1) is 17.7. The fourth-order valence-corrected chi connectivity index (χ4v) is 2.90. The lowest BCUT2D eigenvalue weighted by atomic mass is 10.2. The average Bonchev–Trinajstić information content (AvgIpc) is 3.25. The number of carbonyl (C=O) groups excluding carboxylic acids is 1. The fraction of sp³-hybridized carbons (Fsp3) is 0. The first-order valence-electron chi connectivity index (χ1n) is 8.05. The van der Waals surface area contributed by atoms with Crippen LogP contribution >= 0.6 is 15.9 Å². The number of anilines is 2. The summed E-state index contributed by atoms with van der Waals surface area (Å²) in [7, 11) is 0. The minimum absolute atomic E-state index is 0.120. The van der Waals surface area contributed by atoms with Crippen LogP contribution < -0.4 is 21.3 Å². The highest BCUT2D eigenvalue weighted by atomic mass is 79.9. The summed E-state index contributed by atoms with van der Waals surface area (Å²) >= 11 is 3.49. The van der Waals surface area contributed by atoms with Gasteiger partial charge in [-0.1, -0.05) is 22.0 Å². The molecule has 0 radical (unpaired) electrons. The zero-order chi connectivity index (χ0) is 19.5. The van der Waals surface area contributed by atoms with E-state index >= 15 is 0 Å².